The number of ether oxygens (including phenoxy) is 2. The number of carboxylic acid groups (broad SMARTS) is 1. The van der Waals surface area contributed by atoms with Crippen LogP contribution in [0.1, 0.15) is 21.5 Å². The number of rotatable bonds is 5. The number of piperazine rings is 1. The van der Waals surface area contributed by atoms with Gasteiger partial charge in [-0.15, -0.1) is 0 Å². The van der Waals surface area contributed by atoms with Gasteiger partial charge in [-0.05, 0) is 24.7 Å². The molecule has 13 heteroatoms. The lowest BCUT2D eigenvalue weighted by Gasteiger charge is -2.37. The molecule has 1 aromatic carbocycles. The summed E-state index contributed by atoms with van der Waals surface area (Å²) in [5.74, 6) is -3.02. The Kier molecular flexibility index (Phi) is 7.61. The van der Waals surface area contributed by atoms with Gasteiger partial charge in [0.25, 0.3) is 0 Å². The van der Waals surface area contributed by atoms with Crippen LogP contribution in [0, 0.1) is 0 Å². The summed E-state index contributed by atoms with van der Waals surface area (Å²) < 4.78 is 50.7. The topological polar surface area (TPSA) is 140 Å². The van der Waals surface area contributed by atoms with E-state index in [-0.39, 0.29) is 12.1 Å². The molecule has 33 heavy (non-hydrogen) atoms. The number of halogens is 3. The van der Waals surface area contributed by atoms with E-state index in [1.807, 2.05) is 11.9 Å². The van der Waals surface area contributed by atoms with Crippen molar-refractivity contribution in [2.24, 2.45) is 0 Å². The zero-order chi connectivity index (χ0) is 24.5. The Balaban J connectivity index is 1.78. The summed E-state index contributed by atoms with van der Waals surface area (Å²) in [5, 5.41) is 38.4. The second-order valence-corrected chi connectivity index (χ2v) is 8.09. The van der Waals surface area contributed by atoms with Crippen molar-refractivity contribution in [3.63, 3.8) is 0 Å². The summed E-state index contributed by atoms with van der Waals surface area (Å²) in [6.45, 7) is 2.65. The van der Waals surface area contributed by atoms with Crippen LogP contribution >= 0.6 is 0 Å². The van der Waals surface area contributed by atoms with Gasteiger partial charge in [0.2, 0.25) is 6.29 Å². The summed E-state index contributed by atoms with van der Waals surface area (Å²) in [6, 6.07) is 2.90. The van der Waals surface area contributed by atoms with E-state index in [1.165, 1.54) is 0 Å². The molecule has 0 spiro atoms. The Morgan fingerprint density at radius 3 is 2.30 bits per heavy atom. The van der Waals surface area contributed by atoms with E-state index in [9.17, 15) is 38.1 Å². The van der Waals surface area contributed by atoms with Crippen LogP contribution in [0.3, 0.4) is 0 Å². The number of hydrogen-bond donors (Lipinski definition) is 4. The van der Waals surface area contributed by atoms with Crippen molar-refractivity contribution >= 4 is 11.9 Å². The fraction of sp³-hybridized carbons (Fsp3) is 0.600. The predicted molar refractivity (Wildman–Crippen MR) is 104 cm³/mol. The molecular formula is C20H25F3N2O8. The van der Waals surface area contributed by atoms with Crippen molar-refractivity contribution in [3.05, 3.63) is 34.9 Å². The van der Waals surface area contributed by atoms with E-state index < -0.39 is 59.9 Å². The minimum Gasteiger partial charge on any atom is -0.479 e. The number of aliphatic hydroxyl groups excluding tert-OH is 3. The Bertz CT molecular complexity index is 875. The molecule has 0 aromatic heterocycles. The third-order valence-electron chi connectivity index (χ3n) is 5.68. The van der Waals surface area contributed by atoms with Crippen LogP contribution in [0.25, 0.3) is 0 Å². The molecule has 4 N–H and O–H groups in total. The maximum absolute atomic E-state index is 13.7. The first-order valence-electron chi connectivity index (χ1n) is 10.1. The second-order valence-electron chi connectivity index (χ2n) is 8.09. The van der Waals surface area contributed by atoms with Crippen LogP contribution in [0.4, 0.5) is 13.2 Å². The van der Waals surface area contributed by atoms with Crippen molar-refractivity contribution in [2.75, 3.05) is 33.2 Å². The monoisotopic (exact) mass is 478 g/mol. The first-order chi connectivity index (χ1) is 15.4. The third-order valence-corrected chi connectivity index (χ3v) is 5.68. The van der Waals surface area contributed by atoms with Crippen LogP contribution in [0.5, 0.6) is 0 Å². The molecule has 2 fully saturated rings. The number of aliphatic hydroxyl groups is 3. The van der Waals surface area contributed by atoms with Gasteiger partial charge in [-0.25, -0.2) is 9.59 Å². The largest absolute Gasteiger partial charge is 0.479 e. The second kappa shape index (κ2) is 9.91. The molecule has 184 valence electrons. The standard InChI is InChI=1S/C20H25F3N2O8/c1-24-4-6-25(7-5-24)9-11-3-2-10(8-12(11)20(21,22)23)18(31)33-19-15(28)13(26)14(27)16(32-19)17(29)30/h2-3,8,13-16,19,26-28H,4-7,9H2,1H3,(H,29,30)/t13-,14-,15+,16-,19-/m0/s1. The van der Waals surface area contributed by atoms with Crippen molar-refractivity contribution in [3.8, 4) is 0 Å². The van der Waals surface area contributed by atoms with E-state index >= 15 is 0 Å². The number of carbonyl (C=O) groups excluding carboxylic acids is 1. The van der Waals surface area contributed by atoms with Gasteiger partial charge in [-0.1, -0.05) is 6.07 Å². The van der Waals surface area contributed by atoms with Crippen LogP contribution in [-0.2, 0) is 27.0 Å². The van der Waals surface area contributed by atoms with E-state index in [2.05, 4.69) is 4.90 Å². The molecule has 3 rings (SSSR count). The molecule has 0 amide bonds. The highest BCUT2D eigenvalue weighted by molar-refractivity contribution is 5.90. The fourth-order valence-electron chi connectivity index (χ4n) is 3.67. The first-order valence-corrected chi connectivity index (χ1v) is 10.1. The molecule has 2 aliphatic rings. The number of hydrogen-bond acceptors (Lipinski definition) is 9. The highest BCUT2D eigenvalue weighted by atomic mass is 19.4. The minimum absolute atomic E-state index is 0.0259. The van der Waals surface area contributed by atoms with Crippen LogP contribution in [0.2, 0.25) is 0 Å². The number of esters is 1. The third kappa shape index (κ3) is 5.80. The molecule has 0 saturated carbocycles. The Hall–Kier alpha value is -2.29. The zero-order valence-electron chi connectivity index (χ0n) is 17.6. The number of alkyl halides is 3. The van der Waals surface area contributed by atoms with E-state index in [4.69, 9.17) is 14.6 Å². The van der Waals surface area contributed by atoms with Crippen LogP contribution in [-0.4, -0.2) is 106 Å². The van der Waals surface area contributed by atoms with Gasteiger partial charge in [0.15, 0.2) is 6.10 Å². The number of carbonyl (C=O) groups is 2. The predicted octanol–water partition coefficient (Wildman–Crippen LogP) is -0.498. The highest BCUT2D eigenvalue weighted by Gasteiger charge is 2.48. The van der Waals surface area contributed by atoms with Crippen molar-refractivity contribution in [1.29, 1.82) is 0 Å². The lowest BCUT2D eigenvalue weighted by molar-refractivity contribution is -0.278. The molecule has 0 unspecified atom stereocenters. The zero-order valence-corrected chi connectivity index (χ0v) is 17.6. The van der Waals surface area contributed by atoms with E-state index in [1.54, 1.807) is 0 Å². The van der Waals surface area contributed by atoms with Gasteiger partial charge in [0.1, 0.15) is 18.3 Å². The lowest BCUT2D eigenvalue weighted by Crippen LogP contribution is -2.60. The molecule has 0 bridgehead atoms. The Morgan fingerprint density at radius 1 is 1.09 bits per heavy atom. The smallest absolute Gasteiger partial charge is 0.416 e. The van der Waals surface area contributed by atoms with Crippen LogP contribution in [0.15, 0.2) is 18.2 Å². The average molecular weight is 478 g/mol. The summed E-state index contributed by atoms with van der Waals surface area (Å²) >= 11 is 0. The molecule has 0 aliphatic carbocycles. The van der Waals surface area contributed by atoms with Gasteiger partial charge in [-0.3, -0.25) is 4.90 Å². The Labute approximate surface area is 186 Å². The summed E-state index contributed by atoms with van der Waals surface area (Å²) in [4.78, 5) is 27.5. The lowest BCUT2D eigenvalue weighted by atomic mass is 9.99. The van der Waals surface area contributed by atoms with Crippen molar-refractivity contribution in [2.45, 2.75) is 43.4 Å². The summed E-state index contributed by atoms with van der Waals surface area (Å²) in [5.41, 5.74) is -1.56. The van der Waals surface area contributed by atoms with Gasteiger partial charge < -0.3 is 34.8 Å². The number of benzene rings is 1. The van der Waals surface area contributed by atoms with E-state index in [0.717, 1.165) is 12.1 Å². The molecule has 10 nitrogen and oxygen atoms in total. The maximum atomic E-state index is 13.7. The average Bonchev–Trinajstić information content (AvgIpc) is 2.74. The minimum atomic E-state index is -4.76. The van der Waals surface area contributed by atoms with Crippen LogP contribution < -0.4 is 0 Å². The number of carboxylic acids is 1. The SMILES string of the molecule is CN1CCN(Cc2ccc(C(=O)O[C@@H]3O[C@H](C(=O)O)[C@@H](O)[C@H](O)[C@H]3O)cc2C(F)(F)F)CC1. The van der Waals surface area contributed by atoms with E-state index in [0.29, 0.717) is 32.2 Å². The first kappa shape index (κ1) is 25.3. The normalized spacial score (nSPS) is 29.6. The highest BCUT2D eigenvalue weighted by Crippen LogP contribution is 2.34. The number of nitrogens with zero attached hydrogens (tertiary/aromatic N) is 2. The number of aliphatic carboxylic acids is 1. The molecule has 1 aromatic rings. The molecule has 5 atom stereocenters. The molecule has 2 aliphatic heterocycles. The Morgan fingerprint density at radius 2 is 1.73 bits per heavy atom. The molecule has 2 saturated heterocycles. The quantitative estimate of drug-likeness (QED) is 0.410. The molecule has 2 heterocycles. The van der Waals surface area contributed by atoms with Gasteiger partial charge in [0, 0.05) is 32.7 Å². The summed E-state index contributed by atoms with van der Waals surface area (Å²) in [6.07, 6.45) is -14.8. The van der Waals surface area contributed by atoms with Crippen molar-refractivity contribution in [1.82, 2.24) is 9.80 Å². The number of likely N-dealkylation sites (N-methyl/N-ethyl adjacent to an activating group) is 1. The summed E-state index contributed by atoms with van der Waals surface area (Å²) in [7, 11) is 1.92. The van der Waals surface area contributed by atoms with Gasteiger partial charge in [-0.2, -0.15) is 13.2 Å². The van der Waals surface area contributed by atoms with Gasteiger partial charge in [0.05, 0.1) is 11.1 Å². The fourth-order valence-corrected chi connectivity index (χ4v) is 3.67. The molecular weight excluding hydrogens is 453 g/mol. The maximum Gasteiger partial charge on any atom is 0.416 e. The molecule has 0 radical (unpaired) electrons. The van der Waals surface area contributed by atoms with Crippen molar-refractivity contribution < 1.29 is 52.7 Å². The van der Waals surface area contributed by atoms with Gasteiger partial charge >= 0.3 is 18.1 Å².